The summed E-state index contributed by atoms with van der Waals surface area (Å²) in [6.45, 7) is 3.69. The highest BCUT2D eigenvalue weighted by Gasteiger charge is 2.13. The van der Waals surface area contributed by atoms with Crippen LogP contribution in [0, 0.1) is 19.7 Å². The first kappa shape index (κ1) is 14.3. The van der Waals surface area contributed by atoms with E-state index in [1.54, 1.807) is 18.2 Å². The molecule has 1 heterocycles. The van der Waals surface area contributed by atoms with Crippen LogP contribution in [0.4, 0.5) is 4.39 Å². The van der Waals surface area contributed by atoms with E-state index in [1.165, 1.54) is 12.1 Å². The van der Waals surface area contributed by atoms with Crippen LogP contribution in [-0.2, 0) is 6.42 Å². The summed E-state index contributed by atoms with van der Waals surface area (Å²) < 4.78 is 13.0. The average molecular weight is 297 g/mol. The maximum atomic E-state index is 13.0. The summed E-state index contributed by atoms with van der Waals surface area (Å²) >= 11 is 0. The number of phenols is 1. The lowest BCUT2D eigenvalue weighted by Gasteiger charge is -2.11. The number of nitrogens with one attached hydrogen (secondary N) is 1. The van der Waals surface area contributed by atoms with Crippen molar-refractivity contribution < 1.29 is 9.50 Å². The third kappa shape index (κ3) is 2.48. The van der Waals surface area contributed by atoms with Crippen molar-refractivity contribution in [2.75, 3.05) is 0 Å². The van der Waals surface area contributed by atoms with Gasteiger partial charge in [-0.15, -0.1) is 0 Å². The van der Waals surface area contributed by atoms with Crippen molar-refractivity contribution >= 4 is 10.9 Å². The van der Waals surface area contributed by atoms with Crippen LogP contribution in [0.25, 0.3) is 10.9 Å². The summed E-state index contributed by atoms with van der Waals surface area (Å²) in [6, 6.07) is 9.59. The van der Waals surface area contributed by atoms with Crippen molar-refractivity contribution in [3.63, 3.8) is 0 Å². The maximum Gasteiger partial charge on any atom is 0.252 e. The molecule has 2 aromatic carbocycles. The van der Waals surface area contributed by atoms with Crippen LogP contribution >= 0.6 is 0 Å². The van der Waals surface area contributed by atoms with Gasteiger partial charge in [-0.1, -0.05) is 12.1 Å². The van der Waals surface area contributed by atoms with Gasteiger partial charge in [0.15, 0.2) is 0 Å². The molecule has 3 nitrogen and oxygen atoms in total. The van der Waals surface area contributed by atoms with Crippen molar-refractivity contribution in [2.45, 2.75) is 20.3 Å². The number of aromatic hydroxyl groups is 1. The minimum absolute atomic E-state index is 0.157. The Balaban J connectivity index is 2.18. The van der Waals surface area contributed by atoms with Crippen LogP contribution < -0.4 is 5.56 Å². The minimum atomic E-state index is -0.305. The van der Waals surface area contributed by atoms with Gasteiger partial charge in [0.25, 0.3) is 5.56 Å². The number of H-pyrrole nitrogens is 1. The molecule has 0 aliphatic heterocycles. The zero-order valence-electron chi connectivity index (χ0n) is 12.4. The fraction of sp³-hybridized carbons (Fsp3) is 0.167. The van der Waals surface area contributed by atoms with E-state index in [2.05, 4.69) is 4.98 Å². The van der Waals surface area contributed by atoms with Gasteiger partial charge in [0.2, 0.25) is 0 Å². The highest BCUT2D eigenvalue weighted by atomic mass is 19.1. The topological polar surface area (TPSA) is 53.1 Å². The lowest BCUT2D eigenvalue weighted by molar-refractivity contribution is 0.481. The van der Waals surface area contributed by atoms with E-state index in [4.69, 9.17) is 0 Å². The number of aromatic nitrogens is 1. The van der Waals surface area contributed by atoms with Gasteiger partial charge in [0.05, 0.1) is 5.52 Å². The Labute approximate surface area is 127 Å². The first-order chi connectivity index (χ1) is 10.5. The third-order valence-electron chi connectivity index (χ3n) is 3.91. The van der Waals surface area contributed by atoms with E-state index in [0.717, 1.165) is 16.7 Å². The number of aryl methyl sites for hydroxylation is 2. The van der Waals surface area contributed by atoms with E-state index in [0.29, 0.717) is 22.9 Å². The molecule has 2 N–H and O–H groups in total. The number of hydrogen-bond donors (Lipinski definition) is 2. The van der Waals surface area contributed by atoms with Gasteiger partial charge in [-0.05, 0) is 54.8 Å². The van der Waals surface area contributed by atoms with Crippen LogP contribution in [0.2, 0.25) is 0 Å². The quantitative estimate of drug-likeness (QED) is 0.759. The van der Waals surface area contributed by atoms with Crippen LogP contribution in [-0.4, -0.2) is 10.1 Å². The number of benzene rings is 2. The summed E-state index contributed by atoms with van der Waals surface area (Å²) in [5, 5.41) is 10.8. The molecule has 4 heteroatoms. The van der Waals surface area contributed by atoms with Crippen LogP contribution in [0.15, 0.2) is 41.2 Å². The summed E-state index contributed by atoms with van der Waals surface area (Å²) in [5.41, 5.74) is 3.51. The zero-order chi connectivity index (χ0) is 15.9. The summed E-state index contributed by atoms with van der Waals surface area (Å²) in [6.07, 6.45) is 0.394. The Morgan fingerprint density at radius 1 is 1.14 bits per heavy atom. The van der Waals surface area contributed by atoms with Gasteiger partial charge < -0.3 is 10.1 Å². The lowest BCUT2D eigenvalue weighted by Crippen LogP contribution is -2.15. The predicted molar refractivity (Wildman–Crippen MR) is 84.9 cm³/mol. The normalized spacial score (nSPS) is 11.0. The van der Waals surface area contributed by atoms with E-state index in [-0.39, 0.29) is 17.1 Å². The molecule has 0 saturated heterocycles. The Bertz CT molecular complexity index is 911. The number of aromatic amines is 1. The third-order valence-corrected chi connectivity index (χ3v) is 3.91. The molecular formula is C18H16FNO2. The largest absolute Gasteiger partial charge is 0.507 e. The minimum Gasteiger partial charge on any atom is -0.507 e. The van der Waals surface area contributed by atoms with Gasteiger partial charge in [-0.3, -0.25) is 4.79 Å². The second-order valence-electron chi connectivity index (χ2n) is 5.57. The molecule has 3 rings (SSSR count). The Kier molecular flexibility index (Phi) is 3.45. The van der Waals surface area contributed by atoms with Gasteiger partial charge >= 0.3 is 0 Å². The Morgan fingerprint density at radius 3 is 2.50 bits per heavy atom. The number of hydrogen-bond acceptors (Lipinski definition) is 2. The van der Waals surface area contributed by atoms with Crippen molar-refractivity contribution in [2.24, 2.45) is 0 Å². The molecule has 112 valence electrons. The van der Waals surface area contributed by atoms with E-state index in [9.17, 15) is 14.3 Å². The molecule has 1 aromatic heterocycles. The van der Waals surface area contributed by atoms with E-state index in [1.807, 2.05) is 19.9 Å². The van der Waals surface area contributed by atoms with Crippen molar-refractivity contribution in [3.05, 3.63) is 74.8 Å². The molecule has 0 atom stereocenters. The highest BCUT2D eigenvalue weighted by molar-refractivity contribution is 5.89. The monoisotopic (exact) mass is 297 g/mol. The molecule has 22 heavy (non-hydrogen) atoms. The maximum absolute atomic E-state index is 13.0. The molecule has 0 radical (unpaired) electrons. The number of rotatable bonds is 2. The predicted octanol–water partition coefficient (Wildman–Crippen LogP) is 3.58. The van der Waals surface area contributed by atoms with E-state index >= 15 is 0 Å². The molecule has 0 bridgehead atoms. The van der Waals surface area contributed by atoms with Crippen molar-refractivity contribution in [1.82, 2.24) is 4.98 Å². The average Bonchev–Trinajstić information content (AvgIpc) is 2.44. The summed E-state index contributed by atoms with van der Waals surface area (Å²) in [4.78, 5) is 15.2. The molecule has 0 fully saturated rings. The van der Waals surface area contributed by atoms with Gasteiger partial charge in [-0.2, -0.15) is 0 Å². The lowest BCUT2D eigenvalue weighted by atomic mass is 9.97. The van der Waals surface area contributed by atoms with Gasteiger partial charge in [-0.25, -0.2) is 4.39 Å². The number of phenolic OH excluding ortho intramolecular Hbond substituents is 1. The zero-order valence-corrected chi connectivity index (χ0v) is 12.4. The van der Waals surface area contributed by atoms with E-state index < -0.39 is 0 Å². The molecular weight excluding hydrogens is 281 g/mol. The van der Waals surface area contributed by atoms with Gasteiger partial charge in [0, 0.05) is 17.4 Å². The number of pyridine rings is 1. The Hall–Kier alpha value is -2.62. The second kappa shape index (κ2) is 5.30. The standard InChI is InChI=1S/C18H16FNO2/c1-10-7-15-17(16(21)8-10)11(2)14(18(22)20-15)9-12-3-5-13(19)6-4-12/h3-8,21H,9H2,1-2H3,(H,20,22). The summed E-state index contributed by atoms with van der Waals surface area (Å²) in [7, 11) is 0. The molecule has 3 aromatic rings. The molecule has 0 amide bonds. The number of halogens is 1. The van der Waals surface area contributed by atoms with Crippen LogP contribution in [0.5, 0.6) is 5.75 Å². The molecule has 0 aliphatic carbocycles. The SMILES string of the molecule is Cc1cc(O)c2c(C)c(Cc3ccc(F)cc3)c(=O)[nH]c2c1. The molecule has 0 aliphatic rings. The number of fused-ring (bicyclic) bond motifs is 1. The fourth-order valence-corrected chi connectivity index (χ4v) is 2.80. The van der Waals surface area contributed by atoms with Gasteiger partial charge in [0.1, 0.15) is 11.6 Å². The fourth-order valence-electron chi connectivity index (χ4n) is 2.80. The molecule has 0 unspecified atom stereocenters. The first-order valence-electron chi connectivity index (χ1n) is 7.05. The first-order valence-corrected chi connectivity index (χ1v) is 7.05. The Morgan fingerprint density at radius 2 is 1.82 bits per heavy atom. The van der Waals surface area contributed by atoms with Crippen LogP contribution in [0.3, 0.4) is 0 Å². The highest BCUT2D eigenvalue weighted by Crippen LogP contribution is 2.29. The van der Waals surface area contributed by atoms with Crippen molar-refractivity contribution in [1.29, 1.82) is 0 Å². The van der Waals surface area contributed by atoms with Crippen LogP contribution in [0.1, 0.15) is 22.3 Å². The second-order valence-corrected chi connectivity index (χ2v) is 5.57. The molecule has 0 saturated carbocycles. The summed E-state index contributed by atoms with van der Waals surface area (Å²) in [5.74, 6) is -0.148. The molecule has 0 spiro atoms. The van der Waals surface area contributed by atoms with Crippen molar-refractivity contribution in [3.8, 4) is 5.75 Å². The smallest absolute Gasteiger partial charge is 0.252 e.